The van der Waals surface area contributed by atoms with Crippen LogP contribution in [0, 0.1) is 0 Å². The topological polar surface area (TPSA) is 84.1 Å². The number of rotatable bonds is 4. The number of benzene rings is 1. The van der Waals surface area contributed by atoms with Crippen LogP contribution in [0.2, 0.25) is 5.02 Å². The van der Waals surface area contributed by atoms with Gasteiger partial charge < -0.3 is 4.74 Å². The van der Waals surface area contributed by atoms with Gasteiger partial charge in [-0.25, -0.2) is 8.42 Å². The largest absolute Gasteiger partial charge is 0.495 e. The number of halogens is 1. The van der Waals surface area contributed by atoms with Gasteiger partial charge in [0.05, 0.1) is 19.0 Å². The molecule has 2 aromatic rings. The predicted octanol–water partition coefficient (Wildman–Crippen LogP) is 1.87. The van der Waals surface area contributed by atoms with Crippen molar-refractivity contribution in [1.29, 1.82) is 0 Å². The summed E-state index contributed by atoms with van der Waals surface area (Å²) in [6, 6.07) is 4.29. The number of ether oxygens (including phenoxy) is 1. The normalized spacial score (nSPS) is 11.2. The lowest BCUT2D eigenvalue weighted by Gasteiger charge is -2.10. The molecule has 0 bridgehead atoms. The van der Waals surface area contributed by atoms with Crippen LogP contribution in [0.3, 0.4) is 0 Å². The van der Waals surface area contributed by atoms with Crippen LogP contribution in [0.1, 0.15) is 0 Å². The van der Waals surface area contributed by atoms with E-state index in [1.807, 2.05) is 0 Å². The molecule has 0 saturated heterocycles. The summed E-state index contributed by atoms with van der Waals surface area (Å²) in [6.07, 6.45) is 2.79. The Morgan fingerprint density at radius 3 is 2.83 bits per heavy atom. The maximum Gasteiger partial charge on any atom is 0.265 e. The van der Waals surface area contributed by atoms with Crippen LogP contribution >= 0.6 is 11.6 Å². The zero-order valence-electron chi connectivity index (χ0n) is 9.34. The molecule has 0 aliphatic carbocycles. The van der Waals surface area contributed by atoms with E-state index in [0.29, 0.717) is 10.7 Å². The van der Waals surface area contributed by atoms with Gasteiger partial charge in [0.2, 0.25) is 0 Å². The van der Waals surface area contributed by atoms with Crippen LogP contribution in [0.5, 0.6) is 5.75 Å². The summed E-state index contributed by atoms with van der Waals surface area (Å²) in [7, 11) is -2.36. The van der Waals surface area contributed by atoms with Crippen LogP contribution in [-0.4, -0.2) is 25.7 Å². The molecule has 0 spiro atoms. The van der Waals surface area contributed by atoms with Gasteiger partial charge in [0, 0.05) is 17.3 Å². The summed E-state index contributed by atoms with van der Waals surface area (Å²) >= 11 is 5.78. The van der Waals surface area contributed by atoms with E-state index in [1.54, 1.807) is 0 Å². The van der Waals surface area contributed by atoms with E-state index in [4.69, 9.17) is 16.3 Å². The van der Waals surface area contributed by atoms with Crippen molar-refractivity contribution >= 4 is 27.3 Å². The van der Waals surface area contributed by atoms with E-state index < -0.39 is 10.0 Å². The van der Waals surface area contributed by atoms with Crippen molar-refractivity contribution in [3.8, 4) is 5.75 Å². The first-order valence-corrected chi connectivity index (χ1v) is 6.74. The molecule has 0 aliphatic heterocycles. The van der Waals surface area contributed by atoms with Gasteiger partial charge in [-0.3, -0.25) is 9.82 Å². The van der Waals surface area contributed by atoms with Crippen molar-refractivity contribution in [2.75, 3.05) is 11.8 Å². The van der Waals surface area contributed by atoms with Gasteiger partial charge in [-0.05, 0) is 12.1 Å². The van der Waals surface area contributed by atoms with Gasteiger partial charge in [-0.15, -0.1) is 0 Å². The third-order valence-electron chi connectivity index (χ3n) is 2.17. The molecule has 6 nitrogen and oxygen atoms in total. The predicted molar refractivity (Wildman–Crippen MR) is 67.4 cm³/mol. The van der Waals surface area contributed by atoms with E-state index in [2.05, 4.69) is 14.9 Å². The van der Waals surface area contributed by atoms with Gasteiger partial charge >= 0.3 is 0 Å². The third kappa shape index (κ3) is 2.57. The second-order valence-electron chi connectivity index (χ2n) is 3.39. The molecule has 18 heavy (non-hydrogen) atoms. The van der Waals surface area contributed by atoms with Gasteiger partial charge in [0.25, 0.3) is 10.0 Å². The lowest BCUT2D eigenvalue weighted by Crippen LogP contribution is -2.13. The minimum Gasteiger partial charge on any atom is -0.495 e. The highest BCUT2D eigenvalue weighted by molar-refractivity contribution is 7.92. The van der Waals surface area contributed by atoms with Crippen LogP contribution in [0.4, 0.5) is 5.69 Å². The van der Waals surface area contributed by atoms with Crippen molar-refractivity contribution in [2.45, 2.75) is 4.90 Å². The molecule has 2 rings (SSSR count). The lowest BCUT2D eigenvalue weighted by molar-refractivity contribution is 0.403. The average Bonchev–Trinajstić information content (AvgIpc) is 2.80. The third-order valence-corrected chi connectivity index (χ3v) is 3.82. The first-order chi connectivity index (χ1) is 8.53. The van der Waals surface area contributed by atoms with Crippen molar-refractivity contribution < 1.29 is 13.2 Å². The van der Waals surface area contributed by atoms with Crippen LogP contribution in [0.15, 0.2) is 35.5 Å². The Hall–Kier alpha value is -1.73. The second-order valence-corrected chi connectivity index (χ2v) is 5.47. The Morgan fingerprint density at radius 2 is 2.22 bits per heavy atom. The number of aromatic nitrogens is 2. The Morgan fingerprint density at radius 1 is 1.44 bits per heavy atom. The summed E-state index contributed by atoms with van der Waals surface area (Å²) in [5, 5.41) is 6.56. The molecular formula is C10H10ClN3O3S. The summed E-state index contributed by atoms with van der Waals surface area (Å²) in [5.41, 5.74) is 0.340. The number of anilines is 1. The highest BCUT2D eigenvalue weighted by Gasteiger charge is 2.20. The molecular weight excluding hydrogens is 278 g/mol. The number of H-pyrrole nitrogens is 1. The van der Waals surface area contributed by atoms with Gasteiger partial charge in [0.1, 0.15) is 10.6 Å². The van der Waals surface area contributed by atoms with Crippen molar-refractivity contribution in [1.82, 2.24) is 10.2 Å². The zero-order valence-corrected chi connectivity index (χ0v) is 10.9. The molecule has 1 heterocycles. The molecule has 2 N–H and O–H groups in total. The molecule has 0 radical (unpaired) electrons. The van der Waals surface area contributed by atoms with E-state index in [-0.39, 0.29) is 10.6 Å². The van der Waals surface area contributed by atoms with E-state index >= 15 is 0 Å². The minimum atomic E-state index is -3.74. The van der Waals surface area contributed by atoms with Crippen molar-refractivity contribution in [2.24, 2.45) is 0 Å². The van der Waals surface area contributed by atoms with Gasteiger partial charge in [-0.1, -0.05) is 11.6 Å². The number of sulfonamides is 1. The number of nitrogens with one attached hydrogen (secondary N) is 2. The fourth-order valence-corrected chi connectivity index (χ4v) is 2.73. The summed E-state index contributed by atoms with van der Waals surface area (Å²) < 4.78 is 31.6. The Labute approximate surface area is 109 Å². The first-order valence-electron chi connectivity index (χ1n) is 4.88. The zero-order chi connectivity index (χ0) is 13.2. The SMILES string of the molecule is COc1cc(Cl)ccc1S(=O)(=O)Nc1cn[nH]c1. The first kappa shape index (κ1) is 12.7. The molecule has 1 aromatic heterocycles. The standard InChI is InChI=1S/C10H10ClN3O3S/c1-17-9-4-7(11)2-3-10(9)18(15,16)14-8-5-12-13-6-8/h2-6,14H,1H3,(H,12,13). The molecule has 96 valence electrons. The molecule has 0 fully saturated rings. The maximum atomic E-state index is 12.1. The summed E-state index contributed by atoms with van der Waals surface area (Å²) in [5.74, 6) is 0.179. The van der Waals surface area contributed by atoms with Gasteiger partial charge in [-0.2, -0.15) is 5.10 Å². The monoisotopic (exact) mass is 287 g/mol. The lowest BCUT2D eigenvalue weighted by atomic mass is 10.3. The van der Waals surface area contributed by atoms with E-state index in [0.717, 1.165) is 0 Å². The number of hydrogen-bond donors (Lipinski definition) is 2. The highest BCUT2D eigenvalue weighted by atomic mass is 35.5. The van der Waals surface area contributed by atoms with E-state index in [9.17, 15) is 8.42 Å². The molecule has 0 aliphatic rings. The number of methoxy groups -OCH3 is 1. The quantitative estimate of drug-likeness (QED) is 0.899. The molecule has 0 atom stereocenters. The molecule has 1 aromatic carbocycles. The highest BCUT2D eigenvalue weighted by Crippen LogP contribution is 2.28. The van der Waals surface area contributed by atoms with Crippen LogP contribution < -0.4 is 9.46 Å². The summed E-state index contributed by atoms with van der Waals surface area (Å²) in [4.78, 5) is 0.00981. The Bertz CT molecular complexity index is 640. The number of nitrogens with zero attached hydrogens (tertiary/aromatic N) is 1. The summed E-state index contributed by atoms with van der Waals surface area (Å²) in [6.45, 7) is 0. The maximum absolute atomic E-state index is 12.1. The molecule has 0 unspecified atom stereocenters. The van der Waals surface area contributed by atoms with Crippen molar-refractivity contribution in [3.63, 3.8) is 0 Å². The fourth-order valence-electron chi connectivity index (χ4n) is 1.38. The number of hydrogen-bond acceptors (Lipinski definition) is 4. The Kier molecular flexibility index (Phi) is 3.44. The van der Waals surface area contributed by atoms with E-state index in [1.165, 1.54) is 37.7 Å². The molecule has 8 heteroatoms. The fraction of sp³-hybridized carbons (Fsp3) is 0.100. The molecule has 0 saturated carbocycles. The minimum absolute atomic E-state index is 0.00981. The average molecular weight is 288 g/mol. The Balaban J connectivity index is 2.41. The number of aromatic amines is 1. The van der Waals surface area contributed by atoms with Crippen molar-refractivity contribution in [3.05, 3.63) is 35.6 Å². The van der Waals surface area contributed by atoms with Gasteiger partial charge in [0.15, 0.2) is 0 Å². The second kappa shape index (κ2) is 4.87. The smallest absolute Gasteiger partial charge is 0.265 e. The van der Waals surface area contributed by atoms with Crippen LogP contribution in [0.25, 0.3) is 0 Å². The molecule has 0 amide bonds. The van der Waals surface area contributed by atoms with Crippen LogP contribution in [-0.2, 0) is 10.0 Å².